The summed E-state index contributed by atoms with van der Waals surface area (Å²) in [6.45, 7) is 1.75. The van der Waals surface area contributed by atoms with Crippen molar-refractivity contribution < 1.29 is 23.9 Å². The van der Waals surface area contributed by atoms with Gasteiger partial charge in [0.2, 0.25) is 0 Å². The highest BCUT2D eigenvalue weighted by atomic mass is 32.1. The second kappa shape index (κ2) is 8.62. The van der Waals surface area contributed by atoms with Gasteiger partial charge in [0.05, 0.1) is 18.7 Å². The number of nitrogens with zero attached hydrogens (tertiary/aromatic N) is 1. The van der Waals surface area contributed by atoms with Gasteiger partial charge in [-0.25, -0.2) is 4.98 Å². The van der Waals surface area contributed by atoms with E-state index in [0.717, 1.165) is 12.3 Å². The van der Waals surface area contributed by atoms with E-state index in [2.05, 4.69) is 10.3 Å². The Kier molecular flexibility index (Phi) is 6.24. The summed E-state index contributed by atoms with van der Waals surface area (Å²) in [4.78, 5) is 39.4. The lowest BCUT2D eigenvalue weighted by Gasteiger charge is -2.20. The molecule has 1 heterocycles. The Hall–Kier alpha value is -1.96. The zero-order valence-electron chi connectivity index (χ0n) is 14.9. The van der Waals surface area contributed by atoms with Gasteiger partial charge in [-0.2, -0.15) is 0 Å². The van der Waals surface area contributed by atoms with Gasteiger partial charge in [0, 0.05) is 11.8 Å². The minimum absolute atomic E-state index is 0.0682. The first-order valence-electron chi connectivity index (χ1n) is 9.09. The zero-order chi connectivity index (χ0) is 18.5. The fraction of sp³-hybridized carbons (Fsp3) is 0.667. The largest absolute Gasteiger partial charge is 0.466 e. The van der Waals surface area contributed by atoms with Crippen LogP contribution in [0, 0.1) is 17.8 Å². The molecule has 1 N–H and O–H groups in total. The maximum atomic E-state index is 12.0. The second-order valence-corrected chi connectivity index (χ2v) is 7.83. The highest BCUT2D eigenvalue weighted by Crippen LogP contribution is 2.49. The SMILES string of the molecule is CCOC(=O)Cc1csc(NC(=O)COC(=O)C[C@H]2C[C@H]3CC[C@@H]2C3)n1. The lowest BCUT2D eigenvalue weighted by atomic mass is 9.86. The summed E-state index contributed by atoms with van der Waals surface area (Å²) in [5.74, 6) is 0.784. The molecule has 3 rings (SSSR count). The number of thiazole rings is 1. The van der Waals surface area contributed by atoms with Gasteiger partial charge in [-0.3, -0.25) is 19.7 Å². The molecule has 142 valence electrons. The third-order valence-electron chi connectivity index (χ3n) is 5.11. The lowest BCUT2D eigenvalue weighted by molar-refractivity contribution is -0.148. The predicted octanol–water partition coefficient (Wildman–Crippen LogP) is 2.56. The van der Waals surface area contributed by atoms with Crippen LogP contribution in [-0.2, 0) is 30.3 Å². The number of ether oxygens (including phenoxy) is 2. The van der Waals surface area contributed by atoms with Gasteiger partial charge in [0.25, 0.3) is 5.91 Å². The van der Waals surface area contributed by atoms with Gasteiger partial charge < -0.3 is 9.47 Å². The molecule has 1 amide bonds. The molecule has 2 fully saturated rings. The molecule has 2 aliphatic carbocycles. The van der Waals surface area contributed by atoms with Crippen molar-refractivity contribution in [2.45, 2.75) is 45.4 Å². The number of rotatable bonds is 8. The van der Waals surface area contributed by atoms with Crippen molar-refractivity contribution in [1.82, 2.24) is 4.98 Å². The number of nitrogens with one attached hydrogen (secondary N) is 1. The Morgan fingerprint density at radius 1 is 1.23 bits per heavy atom. The Morgan fingerprint density at radius 2 is 2.08 bits per heavy atom. The molecule has 8 heteroatoms. The minimum Gasteiger partial charge on any atom is -0.466 e. The summed E-state index contributed by atoms with van der Waals surface area (Å²) in [5, 5.41) is 4.64. The Morgan fingerprint density at radius 3 is 2.77 bits per heavy atom. The predicted molar refractivity (Wildman–Crippen MR) is 95.6 cm³/mol. The van der Waals surface area contributed by atoms with Crippen LogP contribution in [0.1, 0.15) is 44.7 Å². The van der Waals surface area contributed by atoms with E-state index < -0.39 is 5.91 Å². The molecule has 0 radical (unpaired) electrons. The van der Waals surface area contributed by atoms with E-state index in [1.165, 1.54) is 30.6 Å². The van der Waals surface area contributed by atoms with E-state index >= 15 is 0 Å². The molecule has 0 saturated heterocycles. The standard InChI is InChI=1S/C18H24N2O5S/c1-2-24-17(23)8-14-10-26-18(19-14)20-15(21)9-25-16(22)7-13-6-11-3-4-12(13)5-11/h10-13H,2-9H2,1H3,(H,19,20,21)/t11-,12+,13+/m0/s1. The van der Waals surface area contributed by atoms with Crippen LogP contribution in [0.3, 0.4) is 0 Å². The van der Waals surface area contributed by atoms with Crippen LogP contribution in [0.2, 0.25) is 0 Å². The number of aromatic nitrogens is 1. The van der Waals surface area contributed by atoms with Crippen molar-refractivity contribution in [3.8, 4) is 0 Å². The Labute approximate surface area is 156 Å². The van der Waals surface area contributed by atoms with Crippen molar-refractivity contribution in [1.29, 1.82) is 0 Å². The molecule has 26 heavy (non-hydrogen) atoms. The van der Waals surface area contributed by atoms with Gasteiger partial charge in [-0.1, -0.05) is 6.42 Å². The summed E-state index contributed by atoms with van der Waals surface area (Å²) >= 11 is 1.22. The van der Waals surface area contributed by atoms with E-state index in [9.17, 15) is 14.4 Å². The van der Waals surface area contributed by atoms with Crippen LogP contribution in [0.4, 0.5) is 5.13 Å². The fourth-order valence-corrected chi connectivity index (χ4v) is 4.73. The normalized spacial score (nSPS) is 23.7. The smallest absolute Gasteiger partial charge is 0.311 e. The minimum atomic E-state index is -0.427. The van der Waals surface area contributed by atoms with E-state index in [0.29, 0.717) is 35.7 Å². The fourth-order valence-electron chi connectivity index (χ4n) is 4.01. The average molecular weight is 380 g/mol. The maximum absolute atomic E-state index is 12.0. The van der Waals surface area contributed by atoms with Gasteiger partial charge in [-0.05, 0) is 43.9 Å². The summed E-state index contributed by atoms with van der Waals surface area (Å²) < 4.78 is 9.96. The Bertz CT molecular complexity index is 674. The van der Waals surface area contributed by atoms with Crippen molar-refractivity contribution in [2.75, 3.05) is 18.5 Å². The van der Waals surface area contributed by atoms with Crippen molar-refractivity contribution in [3.63, 3.8) is 0 Å². The van der Waals surface area contributed by atoms with Crippen LogP contribution < -0.4 is 5.32 Å². The summed E-state index contributed by atoms with van der Waals surface area (Å²) in [6.07, 6.45) is 5.37. The number of esters is 2. The third kappa shape index (κ3) is 5.03. The molecule has 0 aliphatic heterocycles. The van der Waals surface area contributed by atoms with Crippen LogP contribution in [0.25, 0.3) is 0 Å². The number of carbonyl (C=O) groups excluding carboxylic acids is 3. The average Bonchev–Trinajstić information content (AvgIpc) is 3.31. The van der Waals surface area contributed by atoms with Crippen molar-refractivity contribution in [2.24, 2.45) is 17.8 Å². The maximum Gasteiger partial charge on any atom is 0.311 e. The van der Waals surface area contributed by atoms with Gasteiger partial charge in [0.15, 0.2) is 11.7 Å². The number of amides is 1. The molecule has 1 aromatic heterocycles. The molecular formula is C18H24N2O5S. The molecule has 0 aromatic carbocycles. The van der Waals surface area contributed by atoms with Gasteiger partial charge in [-0.15, -0.1) is 11.3 Å². The van der Waals surface area contributed by atoms with Crippen LogP contribution in [-0.4, -0.2) is 36.0 Å². The van der Waals surface area contributed by atoms with E-state index in [1.807, 2.05) is 0 Å². The van der Waals surface area contributed by atoms with E-state index in [4.69, 9.17) is 9.47 Å². The lowest BCUT2D eigenvalue weighted by Crippen LogP contribution is -2.23. The van der Waals surface area contributed by atoms with Gasteiger partial charge >= 0.3 is 11.9 Å². The quantitative estimate of drug-likeness (QED) is 0.697. The molecule has 0 unspecified atom stereocenters. The first kappa shape index (κ1) is 18.8. The number of carbonyl (C=O) groups is 3. The monoisotopic (exact) mass is 380 g/mol. The van der Waals surface area contributed by atoms with Crippen LogP contribution in [0.5, 0.6) is 0 Å². The molecule has 2 bridgehead atoms. The number of fused-ring (bicyclic) bond motifs is 2. The highest BCUT2D eigenvalue weighted by Gasteiger charge is 2.40. The molecular weight excluding hydrogens is 356 g/mol. The van der Waals surface area contributed by atoms with Crippen LogP contribution >= 0.6 is 11.3 Å². The first-order chi connectivity index (χ1) is 12.5. The van der Waals surface area contributed by atoms with Crippen molar-refractivity contribution in [3.05, 3.63) is 11.1 Å². The van der Waals surface area contributed by atoms with Crippen molar-refractivity contribution >= 4 is 34.3 Å². The highest BCUT2D eigenvalue weighted by molar-refractivity contribution is 7.13. The van der Waals surface area contributed by atoms with E-state index in [1.54, 1.807) is 12.3 Å². The number of hydrogen-bond donors (Lipinski definition) is 1. The topological polar surface area (TPSA) is 94.6 Å². The zero-order valence-corrected chi connectivity index (χ0v) is 15.7. The molecule has 7 nitrogen and oxygen atoms in total. The molecule has 2 aliphatic rings. The number of hydrogen-bond acceptors (Lipinski definition) is 7. The van der Waals surface area contributed by atoms with Crippen LogP contribution in [0.15, 0.2) is 5.38 Å². The third-order valence-corrected chi connectivity index (χ3v) is 5.91. The summed E-state index contributed by atoms with van der Waals surface area (Å²) in [7, 11) is 0. The summed E-state index contributed by atoms with van der Waals surface area (Å²) in [5.41, 5.74) is 0.539. The second-order valence-electron chi connectivity index (χ2n) is 6.97. The molecule has 1 aromatic rings. The number of anilines is 1. The first-order valence-corrected chi connectivity index (χ1v) is 9.97. The van der Waals surface area contributed by atoms with Gasteiger partial charge in [0.1, 0.15) is 0 Å². The molecule has 3 atom stereocenters. The summed E-state index contributed by atoms with van der Waals surface area (Å²) in [6, 6.07) is 0. The Balaban J connectivity index is 1.36. The molecule has 2 saturated carbocycles. The van der Waals surface area contributed by atoms with E-state index in [-0.39, 0.29) is 25.0 Å². The molecule has 0 spiro atoms.